The van der Waals surface area contributed by atoms with Gasteiger partial charge in [0.15, 0.2) is 0 Å². The zero-order valence-corrected chi connectivity index (χ0v) is 27.3. The first-order valence-corrected chi connectivity index (χ1v) is 17.2. The van der Waals surface area contributed by atoms with Crippen molar-refractivity contribution in [1.82, 2.24) is 0 Å². The van der Waals surface area contributed by atoms with Gasteiger partial charge in [-0.15, -0.1) is 0 Å². The predicted molar refractivity (Wildman–Crippen MR) is 162 cm³/mol. The Balaban J connectivity index is 1.30. The number of rotatable bonds is 5. The fourth-order valence-corrected chi connectivity index (χ4v) is 11.2. The minimum Gasteiger partial charge on any atom is -0.456 e. The van der Waals surface area contributed by atoms with Crippen LogP contribution in [0.5, 0.6) is 0 Å². The summed E-state index contributed by atoms with van der Waals surface area (Å²) in [5.41, 5.74) is 0.526. The lowest BCUT2D eigenvalue weighted by Gasteiger charge is -2.38. The fourth-order valence-electron chi connectivity index (χ4n) is 6.74. The Labute approximate surface area is 261 Å². The van der Waals surface area contributed by atoms with Crippen molar-refractivity contribution in [2.75, 3.05) is 13.1 Å². The molecule has 0 radical (unpaired) electrons. The largest absolute Gasteiger partial charge is 0.456 e. The summed E-state index contributed by atoms with van der Waals surface area (Å²) >= 11 is 6.43. The van der Waals surface area contributed by atoms with Gasteiger partial charge in [-0.05, 0) is 91.9 Å². The van der Waals surface area contributed by atoms with Crippen molar-refractivity contribution < 1.29 is 37.0 Å². The van der Waals surface area contributed by atoms with E-state index in [1.54, 1.807) is 6.07 Å². The Morgan fingerprint density at radius 2 is 1.74 bits per heavy atom. The maximum atomic E-state index is 13.9. The molecular weight excluding hydrogens is 851 g/mol. The van der Waals surface area contributed by atoms with Crippen molar-refractivity contribution in [2.24, 2.45) is 17.8 Å². The van der Waals surface area contributed by atoms with Crippen LogP contribution in [0.1, 0.15) is 35.2 Å². The van der Waals surface area contributed by atoms with Crippen LogP contribution < -0.4 is 5.32 Å². The molecule has 202 valence electrons. The number of ether oxygens (including phenoxy) is 2. The molecule has 12 heteroatoms. The number of benzene rings is 2. The fraction of sp³-hybridized carbons (Fsp3) is 0.462. The molecule has 2 aromatic carbocycles. The van der Waals surface area contributed by atoms with Crippen molar-refractivity contribution in [3.8, 4) is 0 Å². The highest BCUT2D eigenvalue weighted by molar-refractivity contribution is 14.1. The minimum absolute atomic E-state index is 0.400. The number of carbonyl (C=O) groups is 2. The predicted octanol–water partition coefficient (Wildman–Crippen LogP) is 3.18. The van der Waals surface area contributed by atoms with Gasteiger partial charge in [0.2, 0.25) is 0 Å². The summed E-state index contributed by atoms with van der Waals surface area (Å²) in [4.78, 5) is 27.2. The first kappa shape index (κ1) is 27.6. The first-order chi connectivity index (χ1) is 18.1. The van der Waals surface area contributed by atoms with Crippen molar-refractivity contribution in [1.29, 1.82) is 0 Å². The van der Waals surface area contributed by atoms with E-state index in [2.05, 4.69) is 73.1 Å². The molecule has 2 bridgehead atoms. The number of esters is 2. The molecule has 38 heavy (non-hydrogen) atoms. The van der Waals surface area contributed by atoms with Crippen LogP contribution in [-0.4, -0.2) is 50.9 Å². The Morgan fingerprint density at radius 1 is 1.03 bits per heavy atom. The number of piperidine rings is 1. The van der Waals surface area contributed by atoms with Gasteiger partial charge >= 0.3 is 11.9 Å². The average molecular weight is 876 g/mol. The van der Waals surface area contributed by atoms with Gasteiger partial charge in [-0.3, -0.25) is 8.98 Å². The van der Waals surface area contributed by atoms with Gasteiger partial charge < -0.3 is 14.8 Å². The lowest BCUT2D eigenvalue weighted by atomic mass is 9.82. The van der Waals surface area contributed by atoms with Gasteiger partial charge in [0.05, 0.1) is 24.6 Å². The summed E-state index contributed by atoms with van der Waals surface area (Å²) in [7, 11) is -4.01. The van der Waals surface area contributed by atoms with Crippen LogP contribution in [0.3, 0.4) is 0 Å². The van der Waals surface area contributed by atoms with Crippen LogP contribution in [0.2, 0.25) is 0 Å². The molecule has 2 heterocycles. The van der Waals surface area contributed by atoms with Gasteiger partial charge in [-0.1, -0.05) is 30.3 Å². The number of quaternary nitrogens is 1. The smallest absolute Gasteiger partial charge is 0.339 e. The molecule has 6 atom stereocenters. The monoisotopic (exact) mass is 876 g/mol. The van der Waals surface area contributed by atoms with E-state index in [4.69, 9.17) is 13.7 Å². The van der Waals surface area contributed by atoms with E-state index in [1.807, 2.05) is 36.4 Å². The molecule has 0 amide bonds. The molecule has 4 fully saturated rings. The van der Waals surface area contributed by atoms with E-state index >= 15 is 0 Å². The maximum Gasteiger partial charge on any atom is 0.339 e. The number of nitrogens with two attached hydrogens (primary N) is 1. The molecule has 2 saturated carbocycles. The van der Waals surface area contributed by atoms with Gasteiger partial charge in [0, 0.05) is 35.4 Å². The minimum atomic E-state index is -4.01. The lowest BCUT2D eigenvalue weighted by Crippen LogP contribution is -2.87. The molecule has 2 saturated heterocycles. The molecule has 0 spiro atoms. The van der Waals surface area contributed by atoms with Gasteiger partial charge in [-0.2, -0.15) is 8.42 Å². The molecule has 6 unspecified atom stereocenters. The quantitative estimate of drug-likeness (QED) is 0.213. The van der Waals surface area contributed by atoms with Crippen LogP contribution in [-0.2, 0) is 34.2 Å². The number of hydrogen-bond donors (Lipinski definition) is 1. The zero-order chi connectivity index (χ0) is 26.8. The lowest BCUT2D eigenvalue weighted by molar-refractivity contribution is -0.668. The summed E-state index contributed by atoms with van der Waals surface area (Å²) in [6.07, 6.45) is 0.122. The molecule has 0 aromatic heterocycles. The molecule has 2 N–H and O–H groups in total. The molecular formula is C26H25I3NO7S+. The highest BCUT2D eigenvalue weighted by atomic mass is 127. The number of fused-ring (bicyclic) bond motifs is 1. The van der Waals surface area contributed by atoms with Crippen LogP contribution in [0.4, 0.5) is 0 Å². The molecule has 2 aliphatic carbocycles. The van der Waals surface area contributed by atoms with Crippen molar-refractivity contribution >= 4 is 89.8 Å². The topological polar surface area (TPSA) is 113 Å². The van der Waals surface area contributed by atoms with E-state index in [0.29, 0.717) is 24.8 Å². The Kier molecular flexibility index (Phi) is 7.53. The Bertz CT molecular complexity index is 1400. The van der Waals surface area contributed by atoms with E-state index in [9.17, 15) is 18.0 Å². The molecule has 4 aliphatic rings. The number of carbonyl (C=O) groups excluding carboxylic acids is 2. The third-order valence-corrected chi connectivity index (χ3v) is 13.8. The maximum absolute atomic E-state index is 13.9. The van der Waals surface area contributed by atoms with Gasteiger partial charge in [0.25, 0.3) is 10.1 Å². The van der Waals surface area contributed by atoms with E-state index < -0.39 is 62.9 Å². The Hall–Kier alpha value is -0.560. The highest BCUT2D eigenvalue weighted by Crippen LogP contribution is 2.59. The molecule has 6 rings (SSSR count). The van der Waals surface area contributed by atoms with Gasteiger partial charge in [-0.25, -0.2) is 4.79 Å². The average Bonchev–Trinajstić information content (AvgIpc) is 3.50. The second-order valence-corrected chi connectivity index (χ2v) is 15.6. The standard InChI is InChI=1S/C26H24I3NO7S/c27-14-10-16(20(29)18(28)11-14)24(31)35-21-15-12-17-22(21)37-38(33,34)23(17)19(15)25(32)36-26(6-8-30-9-7-26)13-4-2-1-3-5-13/h1-5,10-11,15,17,19,21-23,30H,6-9,12H2/p+1. The van der Waals surface area contributed by atoms with Crippen molar-refractivity contribution in [2.45, 2.75) is 42.3 Å². The van der Waals surface area contributed by atoms with Crippen molar-refractivity contribution in [3.63, 3.8) is 0 Å². The van der Waals surface area contributed by atoms with Crippen LogP contribution in [0, 0.1) is 28.5 Å². The number of hydrogen-bond acceptors (Lipinski definition) is 7. The van der Waals surface area contributed by atoms with E-state index in [1.165, 1.54) is 0 Å². The Morgan fingerprint density at radius 3 is 2.45 bits per heavy atom. The van der Waals surface area contributed by atoms with Crippen LogP contribution in [0.15, 0.2) is 42.5 Å². The van der Waals surface area contributed by atoms with Crippen LogP contribution >= 0.6 is 67.8 Å². The molecule has 2 aromatic rings. The van der Waals surface area contributed by atoms with Crippen molar-refractivity contribution in [3.05, 3.63) is 64.3 Å². The van der Waals surface area contributed by atoms with Gasteiger partial charge in [0.1, 0.15) is 23.1 Å². The summed E-state index contributed by atoms with van der Waals surface area (Å²) in [6, 6.07) is 13.4. The second kappa shape index (κ2) is 10.4. The summed E-state index contributed by atoms with van der Waals surface area (Å²) < 4.78 is 46.6. The second-order valence-electron chi connectivity index (χ2n) is 10.4. The SMILES string of the molecule is O=C(OC1C2CC3C1OS(=O)(=O)C3C2C(=O)OC1(c2ccccc2)CC[NH2+]CC1)c1cc(I)cc(I)c1I. The summed E-state index contributed by atoms with van der Waals surface area (Å²) in [5.74, 6) is -2.90. The van der Waals surface area contributed by atoms with E-state index in [-0.39, 0.29) is 0 Å². The summed E-state index contributed by atoms with van der Waals surface area (Å²) in [5, 5.41) is 1.22. The number of halogens is 3. The zero-order valence-electron chi connectivity index (χ0n) is 20.0. The highest BCUT2D eigenvalue weighted by Gasteiger charge is 2.72. The first-order valence-electron chi connectivity index (χ1n) is 12.5. The molecule has 8 nitrogen and oxygen atoms in total. The molecule has 2 aliphatic heterocycles. The third-order valence-electron chi connectivity index (χ3n) is 8.36. The normalized spacial score (nSPS) is 32.2. The third kappa shape index (κ3) is 4.61. The van der Waals surface area contributed by atoms with Crippen LogP contribution in [0.25, 0.3) is 0 Å². The van der Waals surface area contributed by atoms with E-state index in [0.717, 1.165) is 29.4 Å². The summed E-state index contributed by atoms with van der Waals surface area (Å²) in [6.45, 7) is 1.61.